The van der Waals surface area contributed by atoms with Gasteiger partial charge in [-0.3, -0.25) is 9.69 Å². The number of piperidine rings is 1. The molecular formula is C19H28N2O3. The minimum absolute atomic E-state index is 0.297. The van der Waals surface area contributed by atoms with Gasteiger partial charge in [-0.1, -0.05) is 12.1 Å². The Morgan fingerprint density at radius 1 is 1.17 bits per heavy atom. The molecule has 1 amide bonds. The number of likely N-dealkylation sites (tertiary alicyclic amines) is 2. The van der Waals surface area contributed by atoms with Crippen LogP contribution in [0, 0.1) is 0 Å². The summed E-state index contributed by atoms with van der Waals surface area (Å²) < 4.78 is 10.5. The van der Waals surface area contributed by atoms with Crippen molar-refractivity contribution in [2.24, 2.45) is 0 Å². The van der Waals surface area contributed by atoms with Crippen LogP contribution in [0.2, 0.25) is 0 Å². The summed E-state index contributed by atoms with van der Waals surface area (Å²) in [7, 11) is 3.38. The smallest absolute Gasteiger partial charge is 0.243 e. The van der Waals surface area contributed by atoms with Gasteiger partial charge in [0.15, 0.2) is 0 Å². The van der Waals surface area contributed by atoms with Gasteiger partial charge in [0, 0.05) is 26.7 Å². The minimum atomic E-state index is -0.310. The monoisotopic (exact) mass is 332 g/mol. The van der Waals surface area contributed by atoms with E-state index in [4.69, 9.17) is 9.47 Å². The van der Waals surface area contributed by atoms with Gasteiger partial charge in [-0.15, -0.1) is 0 Å². The Kier molecular flexibility index (Phi) is 5.41. The molecule has 0 bridgehead atoms. The highest BCUT2D eigenvalue weighted by molar-refractivity contribution is 5.87. The van der Waals surface area contributed by atoms with Crippen LogP contribution >= 0.6 is 0 Å². The number of rotatable bonds is 6. The van der Waals surface area contributed by atoms with E-state index in [1.807, 2.05) is 17.0 Å². The predicted molar refractivity (Wildman–Crippen MR) is 93.1 cm³/mol. The summed E-state index contributed by atoms with van der Waals surface area (Å²) in [6, 6.07) is 8.17. The average molecular weight is 332 g/mol. The Hall–Kier alpha value is -1.59. The number of carbonyl (C=O) groups excluding carboxylic acids is 1. The second-order valence-electron chi connectivity index (χ2n) is 6.80. The number of hydrogen-bond acceptors (Lipinski definition) is 4. The lowest BCUT2D eigenvalue weighted by Crippen LogP contribution is -2.60. The van der Waals surface area contributed by atoms with Crippen LogP contribution in [0.4, 0.5) is 0 Å². The van der Waals surface area contributed by atoms with Crippen LogP contribution in [0.25, 0.3) is 0 Å². The van der Waals surface area contributed by atoms with Crippen molar-refractivity contribution in [1.82, 2.24) is 9.80 Å². The zero-order valence-corrected chi connectivity index (χ0v) is 14.8. The number of nitrogens with zero attached hydrogens (tertiary/aromatic N) is 2. The first-order valence-corrected chi connectivity index (χ1v) is 8.86. The molecular weight excluding hydrogens is 304 g/mol. The van der Waals surface area contributed by atoms with Gasteiger partial charge >= 0.3 is 0 Å². The maximum absolute atomic E-state index is 13.2. The number of methoxy groups -OCH3 is 2. The molecule has 5 nitrogen and oxygen atoms in total. The highest BCUT2D eigenvalue weighted by Crippen LogP contribution is 2.39. The van der Waals surface area contributed by atoms with Crippen LogP contribution in [-0.2, 0) is 16.1 Å². The largest absolute Gasteiger partial charge is 0.497 e. The van der Waals surface area contributed by atoms with E-state index in [9.17, 15) is 4.79 Å². The third kappa shape index (κ3) is 3.28. The lowest BCUT2D eigenvalue weighted by atomic mass is 9.85. The van der Waals surface area contributed by atoms with Crippen LogP contribution < -0.4 is 4.74 Å². The predicted octanol–water partition coefficient (Wildman–Crippen LogP) is 2.30. The summed E-state index contributed by atoms with van der Waals surface area (Å²) in [5.41, 5.74) is 0.896. The number of hydrogen-bond donors (Lipinski definition) is 0. The summed E-state index contributed by atoms with van der Waals surface area (Å²) >= 11 is 0. The van der Waals surface area contributed by atoms with Crippen molar-refractivity contribution in [3.63, 3.8) is 0 Å². The molecule has 1 aromatic carbocycles. The molecule has 0 N–H and O–H groups in total. The van der Waals surface area contributed by atoms with Crippen LogP contribution in [0.15, 0.2) is 24.3 Å². The number of amides is 1. The highest BCUT2D eigenvalue weighted by atomic mass is 16.5. The zero-order chi connectivity index (χ0) is 17.0. The molecule has 0 radical (unpaired) electrons. The topological polar surface area (TPSA) is 42.0 Å². The van der Waals surface area contributed by atoms with Gasteiger partial charge in [0.25, 0.3) is 0 Å². The fraction of sp³-hybridized carbons (Fsp3) is 0.632. The summed E-state index contributed by atoms with van der Waals surface area (Å²) in [4.78, 5) is 17.6. The van der Waals surface area contributed by atoms with Crippen LogP contribution in [0.3, 0.4) is 0 Å². The molecule has 1 atom stereocenters. The Morgan fingerprint density at radius 3 is 2.71 bits per heavy atom. The SMILES string of the molecule is COCCN1CCCC2(CCCN2Cc2cccc(OC)c2)C1=O. The lowest BCUT2D eigenvalue weighted by Gasteiger charge is -2.44. The fourth-order valence-corrected chi connectivity index (χ4v) is 4.16. The van der Waals surface area contributed by atoms with Crippen molar-refractivity contribution in [1.29, 1.82) is 0 Å². The van der Waals surface area contributed by atoms with Crippen molar-refractivity contribution < 1.29 is 14.3 Å². The molecule has 1 aromatic rings. The Labute approximate surface area is 144 Å². The summed E-state index contributed by atoms with van der Waals surface area (Å²) in [6.45, 7) is 3.96. The Morgan fingerprint density at radius 2 is 1.96 bits per heavy atom. The van der Waals surface area contributed by atoms with Crippen molar-refractivity contribution in [3.8, 4) is 5.75 Å². The summed E-state index contributed by atoms with van der Waals surface area (Å²) in [6.07, 6.45) is 4.11. The first-order valence-electron chi connectivity index (χ1n) is 8.86. The number of carbonyl (C=O) groups is 1. The second-order valence-corrected chi connectivity index (χ2v) is 6.80. The van der Waals surface area contributed by atoms with E-state index >= 15 is 0 Å². The molecule has 3 rings (SSSR count). The number of ether oxygens (including phenoxy) is 2. The molecule has 2 aliphatic heterocycles. The third-order valence-electron chi connectivity index (χ3n) is 5.40. The first kappa shape index (κ1) is 17.2. The molecule has 0 aliphatic carbocycles. The second kappa shape index (κ2) is 7.53. The Balaban J connectivity index is 1.76. The zero-order valence-electron chi connectivity index (χ0n) is 14.8. The average Bonchev–Trinajstić information content (AvgIpc) is 3.00. The van der Waals surface area contributed by atoms with E-state index < -0.39 is 0 Å². The van der Waals surface area contributed by atoms with E-state index in [1.54, 1.807) is 14.2 Å². The van der Waals surface area contributed by atoms with Crippen LogP contribution in [-0.4, -0.2) is 61.7 Å². The van der Waals surface area contributed by atoms with Crippen molar-refractivity contribution in [2.75, 3.05) is 40.5 Å². The molecule has 132 valence electrons. The maximum Gasteiger partial charge on any atom is 0.243 e. The quantitative estimate of drug-likeness (QED) is 0.802. The summed E-state index contributed by atoms with van der Waals surface area (Å²) in [5.74, 6) is 1.17. The summed E-state index contributed by atoms with van der Waals surface area (Å²) in [5, 5.41) is 0. The molecule has 2 heterocycles. The first-order chi connectivity index (χ1) is 11.7. The molecule has 0 aromatic heterocycles. The van der Waals surface area contributed by atoms with Gasteiger partial charge in [-0.05, 0) is 49.9 Å². The molecule has 0 saturated carbocycles. The molecule has 5 heteroatoms. The van der Waals surface area contributed by atoms with Gasteiger partial charge < -0.3 is 14.4 Å². The van der Waals surface area contributed by atoms with Crippen molar-refractivity contribution in [2.45, 2.75) is 37.8 Å². The Bertz CT molecular complexity index is 577. The van der Waals surface area contributed by atoms with Crippen LogP contribution in [0.1, 0.15) is 31.2 Å². The van der Waals surface area contributed by atoms with Crippen molar-refractivity contribution >= 4 is 5.91 Å². The van der Waals surface area contributed by atoms with E-state index in [0.29, 0.717) is 19.1 Å². The molecule has 2 fully saturated rings. The van der Waals surface area contributed by atoms with Crippen LogP contribution in [0.5, 0.6) is 5.75 Å². The maximum atomic E-state index is 13.2. The standard InChI is InChI=1S/C19H28N2O3/c1-23-13-12-20-10-4-8-19(18(20)22)9-5-11-21(19)15-16-6-3-7-17(14-16)24-2/h3,6-7,14H,4-5,8-13,15H2,1-2H3. The highest BCUT2D eigenvalue weighted by Gasteiger charge is 2.50. The van der Waals surface area contributed by atoms with Gasteiger partial charge in [-0.2, -0.15) is 0 Å². The van der Waals surface area contributed by atoms with E-state index in [2.05, 4.69) is 17.0 Å². The van der Waals surface area contributed by atoms with E-state index in [-0.39, 0.29) is 5.54 Å². The molecule has 1 unspecified atom stereocenters. The third-order valence-corrected chi connectivity index (χ3v) is 5.40. The van der Waals surface area contributed by atoms with Gasteiger partial charge in [0.1, 0.15) is 11.3 Å². The molecule has 2 saturated heterocycles. The molecule has 24 heavy (non-hydrogen) atoms. The fourth-order valence-electron chi connectivity index (χ4n) is 4.16. The van der Waals surface area contributed by atoms with E-state index in [1.165, 1.54) is 5.56 Å². The number of benzene rings is 1. The van der Waals surface area contributed by atoms with Gasteiger partial charge in [0.05, 0.1) is 13.7 Å². The van der Waals surface area contributed by atoms with Gasteiger partial charge in [-0.25, -0.2) is 0 Å². The van der Waals surface area contributed by atoms with Crippen molar-refractivity contribution in [3.05, 3.63) is 29.8 Å². The lowest BCUT2D eigenvalue weighted by molar-refractivity contribution is -0.148. The molecule has 1 spiro atoms. The van der Waals surface area contributed by atoms with Gasteiger partial charge in [0.2, 0.25) is 5.91 Å². The normalized spacial score (nSPS) is 24.8. The minimum Gasteiger partial charge on any atom is -0.497 e. The van der Waals surface area contributed by atoms with E-state index in [0.717, 1.165) is 51.1 Å². The molecule has 2 aliphatic rings.